The fraction of sp³-hybridized carbons (Fsp3) is 0.615. The van der Waals surface area contributed by atoms with E-state index in [4.69, 9.17) is 4.42 Å². The van der Waals surface area contributed by atoms with Gasteiger partial charge >= 0.3 is 0 Å². The number of rotatable bonds is 3. The Balaban J connectivity index is 2.04. The highest BCUT2D eigenvalue weighted by atomic mass is 79.9. The van der Waals surface area contributed by atoms with Crippen molar-refractivity contribution < 1.29 is 14.3 Å². The second-order valence-corrected chi connectivity index (χ2v) is 5.65. The minimum Gasteiger partial charge on any atom is -0.444 e. The SMILES string of the molecule is Cc1cc(Br)oc1C(=O)NC1CCCCC1CO. The number of furan rings is 1. The van der Waals surface area contributed by atoms with Crippen molar-refractivity contribution in [2.75, 3.05) is 6.61 Å². The number of carbonyl (C=O) groups excluding carboxylic acids is 1. The van der Waals surface area contributed by atoms with Gasteiger partial charge in [-0.1, -0.05) is 12.8 Å². The van der Waals surface area contributed by atoms with Crippen LogP contribution in [0.5, 0.6) is 0 Å². The summed E-state index contributed by atoms with van der Waals surface area (Å²) in [6.07, 6.45) is 4.13. The Hall–Kier alpha value is -0.810. The molecule has 0 radical (unpaired) electrons. The molecule has 0 aliphatic heterocycles. The molecule has 2 atom stereocenters. The molecule has 1 aromatic heterocycles. The van der Waals surface area contributed by atoms with E-state index in [0.717, 1.165) is 31.2 Å². The van der Waals surface area contributed by atoms with E-state index in [9.17, 15) is 9.90 Å². The molecule has 1 amide bonds. The number of nitrogens with one attached hydrogen (secondary N) is 1. The van der Waals surface area contributed by atoms with E-state index >= 15 is 0 Å². The molecule has 1 heterocycles. The summed E-state index contributed by atoms with van der Waals surface area (Å²) in [7, 11) is 0. The van der Waals surface area contributed by atoms with Crippen LogP contribution in [-0.4, -0.2) is 23.7 Å². The Morgan fingerprint density at radius 2 is 2.28 bits per heavy atom. The lowest BCUT2D eigenvalue weighted by molar-refractivity contribution is 0.0843. The smallest absolute Gasteiger partial charge is 0.287 e. The third kappa shape index (κ3) is 2.95. The average molecular weight is 316 g/mol. The van der Waals surface area contributed by atoms with Crippen molar-refractivity contribution >= 4 is 21.8 Å². The van der Waals surface area contributed by atoms with E-state index in [1.807, 2.05) is 6.92 Å². The average Bonchev–Trinajstić information content (AvgIpc) is 2.69. The molecule has 5 heteroatoms. The van der Waals surface area contributed by atoms with Gasteiger partial charge in [0.15, 0.2) is 10.4 Å². The number of carbonyl (C=O) groups is 1. The summed E-state index contributed by atoms with van der Waals surface area (Å²) in [6, 6.07) is 1.83. The quantitative estimate of drug-likeness (QED) is 0.901. The summed E-state index contributed by atoms with van der Waals surface area (Å²) in [5.74, 6) is 0.328. The van der Waals surface area contributed by atoms with Gasteiger partial charge in [-0.2, -0.15) is 0 Å². The molecule has 0 bridgehead atoms. The number of aryl methyl sites for hydroxylation is 1. The first kappa shape index (κ1) is 13.6. The Labute approximate surface area is 115 Å². The van der Waals surface area contributed by atoms with Crippen LogP contribution in [0, 0.1) is 12.8 Å². The topological polar surface area (TPSA) is 62.5 Å². The van der Waals surface area contributed by atoms with Crippen molar-refractivity contribution in [1.82, 2.24) is 5.32 Å². The first-order valence-corrected chi connectivity index (χ1v) is 7.08. The van der Waals surface area contributed by atoms with Crippen LogP contribution in [0.4, 0.5) is 0 Å². The van der Waals surface area contributed by atoms with Gasteiger partial charge in [-0.3, -0.25) is 4.79 Å². The van der Waals surface area contributed by atoms with Crippen molar-refractivity contribution in [3.8, 4) is 0 Å². The predicted molar refractivity (Wildman–Crippen MR) is 71.4 cm³/mol. The number of halogens is 1. The molecule has 18 heavy (non-hydrogen) atoms. The lowest BCUT2D eigenvalue weighted by Gasteiger charge is -2.30. The van der Waals surface area contributed by atoms with E-state index in [0.29, 0.717) is 10.4 Å². The molecule has 0 spiro atoms. The van der Waals surface area contributed by atoms with Gasteiger partial charge in [0.25, 0.3) is 5.91 Å². The highest BCUT2D eigenvalue weighted by Gasteiger charge is 2.27. The minimum absolute atomic E-state index is 0.0551. The highest BCUT2D eigenvalue weighted by molar-refractivity contribution is 9.10. The summed E-state index contributed by atoms with van der Waals surface area (Å²) >= 11 is 3.22. The monoisotopic (exact) mass is 315 g/mol. The Bertz CT molecular complexity index is 430. The maximum absolute atomic E-state index is 12.1. The van der Waals surface area contributed by atoms with E-state index < -0.39 is 0 Å². The summed E-state index contributed by atoms with van der Waals surface area (Å²) < 4.78 is 5.89. The van der Waals surface area contributed by atoms with Crippen molar-refractivity contribution in [1.29, 1.82) is 0 Å². The van der Waals surface area contributed by atoms with Crippen molar-refractivity contribution in [2.24, 2.45) is 5.92 Å². The molecule has 1 saturated carbocycles. The van der Waals surface area contributed by atoms with Gasteiger partial charge in [0, 0.05) is 24.1 Å². The zero-order valence-electron chi connectivity index (χ0n) is 10.4. The summed E-state index contributed by atoms with van der Waals surface area (Å²) in [5.41, 5.74) is 0.815. The van der Waals surface area contributed by atoms with Crippen molar-refractivity contribution in [2.45, 2.75) is 38.6 Å². The lowest BCUT2D eigenvalue weighted by atomic mass is 9.85. The maximum Gasteiger partial charge on any atom is 0.287 e. The maximum atomic E-state index is 12.1. The van der Waals surface area contributed by atoms with Gasteiger partial charge in [0.2, 0.25) is 0 Å². The lowest BCUT2D eigenvalue weighted by Crippen LogP contribution is -2.43. The Morgan fingerprint density at radius 3 is 2.89 bits per heavy atom. The van der Waals surface area contributed by atoms with Crippen LogP contribution >= 0.6 is 15.9 Å². The molecule has 4 nitrogen and oxygen atoms in total. The summed E-state index contributed by atoms with van der Waals surface area (Å²) in [5, 5.41) is 12.3. The largest absolute Gasteiger partial charge is 0.444 e. The fourth-order valence-corrected chi connectivity index (χ4v) is 3.02. The standard InChI is InChI=1S/C13H18BrNO3/c1-8-6-11(14)18-12(8)13(17)15-10-5-3-2-4-9(10)7-16/h6,9-10,16H,2-5,7H2,1H3,(H,15,17). The van der Waals surface area contributed by atoms with Crippen LogP contribution in [0.1, 0.15) is 41.8 Å². The zero-order valence-corrected chi connectivity index (χ0v) is 12.0. The highest BCUT2D eigenvalue weighted by Crippen LogP contribution is 2.25. The molecular weight excluding hydrogens is 298 g/mol. The number of hydrogen-bond donors (Lipinski definition) is 2. The fourth-order valence-electron chi connectivity index (χ4n) is 2.52. The normalized spacial score (nSPS) is 23.9. The Morgan fingerprint density at radius 1 is 1.56 bits per heavy atom. The van der Waals surface area contributed by atoms with Gasteiger partial charge < -0.3 is 14.8 Å². The van der Waals surface area contributed by atoms with E-state index in [2.05, 4.69) is 21.2 Å². The number of hydrogen-bond acceptors (Lipinski definition) is 3. The van der Waals surface area contributed by atoms with Gasteiger partial charge in [-0.05, 0) is 41.8 Å². The van der Waals surface area contributed by atoms with Crippen LogP contribution in [0.25, 0.3) is 0 Å². The van der Waals surface area contributed by atoms with Gasteiger partial charge in [0.05, 0.1) is 0 Å². The van der Waals surface area contributed by atoms with E-state index in [-0.39, 0.29) is 24.5 Å². The van der Waals surface area contributed by atoms with E-state index in [1.54, 1.807) is 6.07 Å². The number of aliphatic hydroxyl groups excluding tert-OH is 1. The van der Waals surface area contributed by atoms with Crippen LogP contribution in [0.3, 0.4) is 0 Å². The molecule has 1 aromatic rings. The molecule has 2 rings (SSSR count). The zero-order chi connectivity index (χ0) is 13.1. The molecule has 2 unspecified atom stereocenters. The first-order valence-electron chi connectivity index (χ1n) is 6.29. The number of aliphatic hydroxyl groups is 1. The third-order valence-corrected chi connectivity index (χ3v) is 3.94. The first-order chi connectivity index (χ1) is 8.61. The van der Waals surface area contributed by atoms with Crippen LogP contribution in [-0.2, 0) is 0 Å². The van der Waals surface area contributed by atoms with Crippen LogP contribution in [0.2, 0.25) is 0 Å². The third-order valence-electron chi connectivity index (χ3n) is 3.55. The van der Waals surface area contributed by atoms with Crippen LogP contribution < -0.4 is 5.32 Å². The molecule has 0 aromatic carbocycles. The minimum atomic E-state index is -0.191. The summed E-state index contributed by atoms with van der Waals surface area (Å²) in [4.78, 5) is 12.1. The molecule has 0 saturated heterocycles. The van der Waals surface area contributed by atoms with Crippen molar-refractivity contribution in [3.05, 3.63) is 22.1 Å². The van der Waals surface area contributed by atoms with Gasteiger partial charge in [0.1, 0.15) is 0 Å². The molecule has 1 aliphatic carbocycles. The second-order valence-electron chi connectivity index (χ2n) is 4.87. The van der Waals surface area contributed by atoms with Gasteiger partial charge in [-0.15, -0.1) is 0 Å². The van der Waals surface area contributed by atoms with Crippen molar-refractivity contribution in [3.63, 3.8) is 0 Å². The van der Waals surface area contributed by atoms with E-state index in [1.165, 1.54) is 0 Å². The number of amides is 1. The molecule has 2 N–H and O–H groups in total. The molecule has 1 fully saturated rings. The predicted octanol–water partition coefficient (Wildman–Crippen LogP) is 2.63. The van der Waals surface area contributed by atoms with Crippen LogP contribution in [0.15, 0.2) is 15.2 Å². The van der Waals surface area contributed by atoms with Gasteiger partial charge in [-0.25, -0.2) is 0 Å². The molecule has 100 valence electrons. The summed E-state index contributed by atoms with van der Waals surface area (Å²) in [6.45, 7) is 1.97. The molecular formula is C13H18BrNO3. The second kappa shape index (κ2) is 5.89. The molecule has 1 aliphatic rings. The Kier molecular flexibility index (Phi) is 4.45.